The molecule has 2 aromatic carbocycles. The second kappa shape index (κ2) is 11.7. The van der Waals surface area contributed by atoms with Crippen molar-refractivity contribution in [3.63, 3.8) is 0 Å². The molecule has 1 aliphatic rings. The summed E-state index contributed by atoms with van der Waals surface area (Å²) in [4.78, 5) is 36.8. The smallest absolute Gasteiger partial charge is 0.407 e. The topological polar surface area (TPSA) is 125 Å². The van der Waals surface area contributed by atoms with Crippen LogP contribution in [-0.2, 0) is 14.3 Å². The number of alkyl carbamates (subject to hydrolysis) is 1. The maximum absolute atomic E-state index is 12.8. The maximum atomic E-state index is 12.8. The Morgan fingerprint density at radius 2 is 1.56 bits per heavy atom. The van der Waals surface area contributed by atoms with Gasteiger partial charge in [-0.2, -0.15) is 0 Å². The number of hydrogen-bond acceptors (Lipinski definition) is 5. The van der Waals surface area contributed by atoms with Crippen molar-refractivity contribution in [1.82, 2.24) is 10.6 Å². The number of carbonyl (C=O) groups excluding carboxylic acids is 2. The second-order valence-corrected chi connectivity index (χ2v) is 8.68. The predicted octanol–water partition coefficient (Wildman–Crippen LogP) is 3.28. The number of ether oxygens (including phenoxy) is 1. The van der Waals surface area contributed by atoms with Crippen molar-refractivity contribution in [1.29, 1.82) is 0 Å². The van der Waals surface area contributed by atoms with Crippen molar-refractivity contribution >= 4 is 18.0 Å². The third kappa shape index (κ3) is 5.94. The summed E-state index contributed by atoms with van der Waals surface area (Å²) in [7, 11) is 0. The van der Waals surface area contributed by atoms with E-state index in [-0.39, 0.29) is 31.5 Å². The molecule has 0 heterocycles. The summed E-state index contributed by atoms with van der Waals surface area (Å²) >= 11 is 0. The van der Waals surface area contributed by atoms with E-state index in [9.17, 15) is 19.5 Å². The lowest BCUT2D eigenvalue weighted by molar-refractivity contribution is -0.142. The van der Waals surface area contributed by atoms with Gasteiger partial charge >= 0.3 is 12.1 Å². The second-order valence-electron chi connectivity index (χ2n) is 8.68. The van der Waals surface area contributed by atoms with E-state index >= 15 is 0 Å². The van der Waals surface area contributed by atoms with Crippen LogP contribution < -0.4 is 10.6 Å². The Morgan fingerprint density at radius 1 is 0.971 bits per heavy atom. The molecule has 3 atom stereocenters. The highest BCUT2D eigenvalue weighted by molar-refractivity contribution is 5.89. The fourth-order valence-corrected chi connectivity index (χ4v) is 4.24. The minimum Gasteiger partial charge on any atom is -0.480 e. The number of aliphatic hydroxyl groups excluding tert-OH is 1. The number of nitrogens with one attached hydrogen (secondary N) is 2. The first kappa shape index (κ1) is 25.2. The van der Waals surface area contributed by atoms with Gasteiger partial charge in [-0.15, -0.1) is 0 Å². The van der Waals surface area contributed by atoms with Gasteiger partial charge in [0, 0.05) is 18.9 Å². The predicted molar refractivity (Wildman–Crippen MR) is 127 cm³/mol. The Kier molecular flexibility index (Phi) is 8.65. The highest BCUT2D eigenvalue weighted by Crippen LogP contribution is 2.44. The van der Waals surface area contributed by atoms with Crippen molar-refractivity contribution < 1.29 is 29.3 Å². The zero-order valence-corrected chi connectivity index (χ0v) is 19.5. The molecule has 0 aromatic heterocycles. The molecule has 0 radical (unpaired) electrons. The van der Waals surface area contributed by atoms with E-state index in [1.54, 1.807) is 0 Å². The largest absolute Gasteiger partial charge is 0.480 e. The van der Waals surface area contributed by atoms with E-state index in [1.165, 1.54) is 0 Å². The number of carbonyl (C=O) groups is 3. The van der Waals surface area contributed by atoms with Gasteiger partial charge < -0.3 is 25.6 Å². The van der Waals surface area contributed by atoms with Crippen LogP contribution in [0.15, 0.2) is 48.5 Å². The number of carboxylic acid groups (broad SMARTS) is 1. The zero-order valence-electron chi connectivity index (χ0n) is 19.5. The van der Waals surface area contributed by atoms with Crippen LogP contribution in [0.1, 0.15) is 50.2 Å². The molecule has 2 unspecified atom stereocenters. The molecular weight excluding hydrogens is 436 g/mol. The van der Waals surface area contributed by atoms with E-state index in [4.69, 9.17) is 9.84 Å². The molecule has 0 bridgehead atoms. The first-order valence-electron chi connectivity index (χ1n) is 11.6. The lowest BCUT2D eigenvalue weighted by Crippen LogP contribution is -2.52. The average molecular weight is 469 g/mol. The highest BCUT2D eigenvalue weighted by atomic mass is 16.5. The SMILES string of the molecule is CCC(C)CC(NC(=O)OCC1c2ccccc2-c2ccccc21)C(=O)N[C@H](CCO)C(=O)O. The van der Waals surface area contributed by atoms with Crippen molar-refractivity contribution in [3.8, 4) is 11.1 Å². The van der Waals surface area contributed by atoms with E-state index in [0.717, 1.165) is 28.7 Å². The highest BCUT2D eigenvalue weighted by Gasteiger charge is 2.31. The molecule has 0 aliphatic heterocycles. The standard InChI is InChI=1S/C26H32N2O6/c1-3-16(2)14-23(24(30)27-22(12-13-29)25(31)32)28-26(33)34-15-21-19-10-6-4-8-17(19)18-9-5-7-11-20(18)21/h4-11,16,21-23,29H,3,12-15H2,1-2H3,(H,27,30)(H,28,33)(H,31,32)/t16?,22-,23?/m1/s1. The van der Waals surface area contributed by atoms with E-state index < -0.39 is 30.1 Å². The Balaban J connectivity index is 1.68. The molecular formula is C26H32N2O6. The van der Waals surface area contributed by atoms with E-state index in [0.29, 0.717) is 6.42 Å². The number of hydrogen-bond donors (Lipinski definition) is 4. The van der Waals surface area contributed by atoms with Gasteiger partial charge in [0.05, 0.1) is 0 Å². The number of amides is 2. The van der Waals surface area contributed by atoms with Crippen molar-refractivity contribution in [3.05, 3.63) is 59.7 Å². The van der Waals surface area contributed by atoms with Crippen molar-refractivity contribution in [2.75, 3.05) is 13.2 Å². The summed E-state index contributed by atoms with van der Waals surface area (Å²) in [5.74, 6) is -1.85. The Morgan fingerprint density at radius 3 is 2.09 bits per heavy atom. The first-order valence-corrected chi connectivity index (χ1v) is 11.6. The number of fused-ring (bicyclic) bond motifs is 3. The molecule has 8 heteroatoms. The zero-order chi connectivity index (χ0) is 24.7. The molecule has 3 rings (SSSR count). The van der Waals surface area contributed by atoms with E-state index in [1.807, 2.05) is 62.4 Å². The van der Waals surface area contributed by atoms with Crippen LogP contribution in [0, 0.1) is 5.92 Å². The van der Waals surface area contributed by atoms with Gasteiger partial charge in [-0.3, -0.25) is 4.79 Å². The van der Waals surface area contributed by atoms with Crippen molar-refractivity contribution in [2.45, 2.75) is 51.1 Å². The minimum absolute atomic E-state index is 0.110. The Hall–Kier alpha value is -3.39. The molecule has 0 spiro atoms. The van der Waals surface area contributed by atoms with Gasteiger partial charge in [0.1, 0.15) is 18.7 Å². The molecule has 1 aliphatic carbocycles. The van der Waals surface area contributed by atoms with Crippen LogP contribution in [0.4, 0.5) is 4.79 Å². The van der Waals surface area contributed by atoms with Crippen LogP contribution in [0.5, 0.6) is 0 Å². The van der Waals surface area contributed by atoms with Crippen LogP contribution in [0.2, 0.25) is 0 Å². The summed E-state index contributed by atoms with van der Waals surface area (Å²) in [5, 5.41) is 23.4. The van der Waals surface area contributed by atoms with Gasteiger partial charge in [-0.1, -0.05) is 68.8 Å². The molecule has 34 heavy (non-hydrogen) atoms. The average Bonchev–Trinajstić information content (AvgIpc) is 3.15. The monoisotopic (exact) mass is 468 g/mol. The molecule has 0 saturated carbocycles. The van der Waals surface area contributed by atoms with Crippen LogP contribution >= 0.6 is 0 Å². The fourth-order valence-electron chi connectivity index (χ4n) is 4.24. The summed E-state index contributed by atoms with van der Waals surface area (Å²) < 4.78 is 5.55. The summed E-state index contributed by atoms with van der Waals surface area (Å²) in [5.41, 5.74) is 4.40. The number of aliphatic hydroxyl groups is 1. The number of benzene rings is 2. The van der Waals surface area contributed by atoms with Crippen LogP contribution in [0.25, 0.3) is 11.1 Å². The number of carboxylic acids is 1. The normalized spacial score (nSPS) is 14.9. The Labute approximate surface area is 199 Å². The van der Waals surface area contributed by atoms with Gasteiger partial charge in [-0.05, 0) is 34.6 Å². The molecule has 0 saturated heterocycles. The number of aliphatic carboxylic acids is 1. The molecule has 8 nitrogen and oxygen atoms in total. The third-order valence-electron chi connectivity index (χ3n) is 6.32. The molecule has 2 amide bonds. The first-order chi connectivity index (χ1) is 16.3. The number of rotatable bonds is 11. The molecule has 2 aromatic rings. The third-order valence-corrected chi connectivity index (χ3v) is 6.32. The summed E-state index contributed by atoms with van der Waals surface area (Å²) in [6, 6.07) is 13.8. The molecule has 182 valence electrons. The van der Waals surface area contributed by atoms with E-state index in [2.05, 4.69) is 10.6 Å². The lowest BCUT2D eigenvalue weighted by atomic mass is 9.98. The summed E-state index contributed by atoms with van der Waals surface area (Å²) in [6.07, 6.45) is 0.259. The lowest BCUT2D eigenvalue weighted by Gasteiger charge is -2.23. The molecule has 0 fully saturated rings. The van der Waals surface area contributed by atoms with Crippen LogP contribution in [-0.4, -0.2) is 53.5 Å². The molecule has 4 N–H and O–H groups in total. The van der Waals surface area contributed by atoms with Gasteiger partial charge in [-0.25, -0.2) is 9.59 Å². The van der Waals surface area contributed by atoms with Gasteiger partial charge in [0.25, 0.3) is 0 Å². The fraction of sp³-hybridized carbons (Fsp3) is 0.423. The minimum atomic E-state index is -1.24. The van der Waals surface area contributed by atoms with Gasteiger partial charge in [0.2, 0.25) is 5.91 Å². The van der Waals surface area contributed by atoms with Crippen molar-refractivity contribution in [2.24, 2.45) is 5.92 Å². The maximum Gasteiger partial charge on any atom is 0.407 e. The quantitative estimate of drug-likeness (QED) is 0.401. The summed E-state index contributed by atoms with van der Waals surface area (Å²) in [6.45, 7) is 3.65. The Bertz CT molecular complexity index is 978. The van der Waals surface area contributed by atoms with Crippen LogP contribution in [0.3, 0.4) is 0 Å². The van der Waals surface area contributed by atoms with Gasteiger partial charge in [0.15, 0.2) is 0 Å².